The normalized spacial score (nSPS) is 17.0. The van der Waals surface area contributed by atoms with Gasteiger partial charge in [0.25, 0.3) is 0 Å². The summed E-state index contributed by atoms with van der Waals surface area (Å²) in [5.74, 6) is 0.0396. The average Bonchev–Trinajstić information content (AvgIpc) is 2.56. The predicted octanol–water partition coefficient (Wildman–Crippen LogP) is 1.03. The number of benzene rings is 1. The molecule has 0 atom stereocenters. The summed E-state index contributed by atoms with van der Waals surface area (Å²) in [6.45, 7) is 4.43. The number of amides is 1. The first-order valence-electron chi connectivity index (χ1n) is 8.36. The largest absolute Gasteiger partial charge is 0.348 e. The number of hydrogen-bond acceptors (Lipinski definition) is 4. The summed E-state index contributed by atoms with van der Waals surface area (Å²) in [7, 11) is 0.00421. The van der Waals surface area contributed by atoms with E-state index in [1.54, 1.807) is 31.1 Å². The fourth-order valence-electron chi connectivity index (χ4n) is 2.73. The van der Waals surface area contributed by atoms with Gasteiger partial charge < -0.3 is 4.90 Å². The lowest BCUT2D eigenvalue weighted by molar-refractivity contribution is -0.130. The lowest BCUT2D eigenvalue weighted by Crippen LogP contribution is -2.50. The SMILES string of the molecule is CCCc1ccc(S(=O)(=O)N2CCN(CC(=O)N(C)C)CC2)cc1. The molecule has 2 rings (SSSR count). The molecule has 1 fully saturated rings. The lowest BCUT2D eigenvalue weighted by atomic mass is 10.1. The van der Waals surface area contributed by atoms with Crippen LogP contribution in [0.15, 0.2) is 29.2 Å². The van der Waals surface area contributed by atoms with Crippen LogP contribution in [0.1, 0.15) is 18.9 Å². The zero-order valence-corrected chi connectivity index (χ0v) is 15.6. The molecular formula is C17H27N3O3S. The van der Waals surface area contributed by atoms with Gasteiger partial charge >= 0.3 is 0 Å². The first-order chi connectivity index (χ1) is 11.3. The molecule has 0 bridgehead atoms. The van der Waals surface area contributed by atoms with Gasteiger partial charge in [0.05, 0.1) is 11.4 Å². The van der Waals surface area contributed by atoms with Crippen molar-refractivity contribution in [3.05, 3.63) is 29.8 Å². The summed E-state index contributed by atoms with van der Waals surface area (Å²) in [5, 5.41) is 0. The molecule has 0 N–H and O–H groups in total. The van der Waals surface area contributed by atoms with Crippen LogP contribution in [-0.4, -0.2) is 75.2 Å². The zero-order valence-electron chi connectivity index (χ0n) is 14.7. The molecule has 0 aliphatic carbocycles. The molecule has 6 nitrogen and oxygen atoms in total. The van der Waals surface area contributed by atoms with Gasteiger partial charge in [0.15, 0.2) is 0 Å². The topological polar surface area (TPSA) is 60.9 Å². The van der Waals surface area contributed by atoms with Crippen LogP contribution in [0.25, 0.3) is 0 Å². The fraction of sp³-hybridized carbons (Fsp3) is 0.588. The van der Waals surface area contributed by atoms with Crippen LogP contribution in [0.3, 0.4) is 0 Å². The van der Waals surface area contributed by atoms with Crippen LogP contribution in [0.5, 0.6) is 0 Å². The minimum Gasteiger partial charge on any atom is -0.348 e. The van der Waals surface area contributed by atoms with E-state index in [-0.39, 0.29) is 5.91 Å². The van der Waals surface area contributed by atoms with E-state index >= 15 is 0 Å². The van der Waals surface area contributed by atoms with Crippen LogP contribution in [0.2, 0.25) is 0 Å². The molecule has 1 saturated heterocycles. The average molecular weight is 353 g/mol. The van der Waals surface area contributed by atoms with Crippen LogP contribution >= 0.6 is 0 Å². The number of sulfonamides is 1. The maximum atomic E-state index is 12.7. The Morgan fingerprint density at radius 3 is 2.17 bits per heavy atom. The molecule has 0 saturated carbocycles. The number of piperazine rings is 1. The van der Waals surface area contributed by atoms with Gasteiger partial charge in [-0.3, -0.25) is 9.69 Å². The molecule has 0 unspecified atom stereocenters. The van der Waals surface area contributed by atoms with Gasteiger partial charge in [0.2, 0.25) is 15.9 Å². The van der Waals surface area contributed by atoms with E-state index in [4.69, 9.17) is 0 Å². The first kappa shape index (κ1) is 18.9. The Kier molecular flexibility index (Phi) is 6.37. The van der Waals surface area contributed by atoms with Crippen molar-refractivity contribution in [1.82, 2.24) is 14.1 Å². The Labute approximate surface area is 145 Å². The molecular weight excluding hydrogens is 326 g/mol. The fourth-order valence-corrected chi connectivity index (χ4v) is 4.15. The van der Waals surface area contributed by atoms with Crippen LogP contribution in [0.4, 0.5) is 0 Å². The van der Waals surface area contributed by atoms with E-state index in [0.717, 1.165) is 18.4 Å². The van der Waals surface area contributed by atoms with Gasteiger partial charge in [-0.05, 0) is 24.1 Å². The third-order valence-corrected chi connectivity index (χ3v) is 6.20. The summed E-state index contributed by atoms with van der Waals surface area (Å²) in [5.41, 5.74) is 1.16. The molecule has 0 radical (unpaired) electrons. The van der Waals surface area contributed by atoms with E-state index in [9.17, 15) is 13.2 Å². The van der Waals surface area contributed by atoms with E-state index in [2.05, 4.69) is 6.92 Å². The van der Waals surface area contributed by atoms with Crippen LogP contribution in [0, 0.1) is 0 Å². The minimum atomic E-state index is -3.45. The van der Waals surface area contributed by atoms with E-state index in [1.165, 1.54) is 4.31 Å². The minimum absolute atomic E-state index is 0.0396. The van der Waals surface area contributed by atoms with Crippen molar-refractivity contribution >= 4 is 15.9 Å². The number of aryl methyl sites for hydroxylation is 1. The molecule has 1 aromatic rings. The van der Waals surface area contributed by atoms with Crippen molar-refractivity contribution in [2.75, 3.05) is 46.8 Å². The number of carbonyl (C=O) groups is 1. The highest BCUT2D eigenvalue weighted by Crippen LogP contribution is 2.18. The summed E-state index contributed by atoms with van der Waals surface area (Å²) >= 11 is 0. The second-order valence-electron chi connectivity index (χ2n) is 6.36. The third-order valence-electron chi connectivity index (χ3n) is 4.29. The van der Waals surface area contributed by atoms with Gasteiger partial charge in [-0.1, -0.05) is 25.5 Å². The van der Waals surface area contributed by atoms with Gasteiger partial charge in [-0.25, -0.2) is 8.42 Å². The molecule has 134 valence electrons. The summed E-state index contributed by atoms with van der Waals surface area (Å²) in [4.78, 5) is 15.7. The van der Waals surface area contributed by atoms with E-state index in [1.807, 2.05) is 17.0 Å². The van der Waals surface area contributed by atoms with Gasteiger partial charge in [-0.15, -0.1) is 0 Å². The maximum absolute atomic E-state index is 12.7. The molecule has 7 heteroatoms. The Balaban J connectivity index is 1.98. The highest BCUT2D eigenvalue weighted by molar-refractivity contribution is 7.89. The highest BCUT2D eigenvalue weighted by Gasteiger charge is 2.29. The molecule has 1 amide bonds. The van der Waals surface area contributed by atoms with Crippen LogP contribution < -0.4 is 0 Å². The maximum Gasteiger partial charge on any atom is 0.243 e. The monoisotopic (exact) mass is 353 g/mol. The molecule has 24 heavy (non-hydrogen) atoms. The Morgan fingerprint density at radius 1 is 1.08 bits per heavy atom. The third kappa shape index (κ3) is 4.55. The Hall–Kier alpha value is -1.44. The smallest absolute Gasteiger partial charge is 0.243 e. The number of likely N-dealkylation sites (N-methyl/N-ethyl adjacent to an activating group) is 1. The quantitative estimate of drug-likeness (QED) is 0.766. The highest BCUT2D eigenvalue weighted by atomic mass is 32.2. The number of carbonyl (C=O) groups excluding carboxylic acids is 1. The second kappa shape index (κ2) is 8.09. The van der Waals surface area contributed by atoms with Crippen molar-refractivity contribution in [3.63, 3.8) is 0 Å². The molecule has 1 aromatic carbocycles. The first-order valence-corrected chi connectivity index (χ1v) is 9.80. The summed E-state index contributed by atoms with van der Waals surface area (Å²) in [6.07, 6.45) is 2.00. The van der Waals surface area contributed by atoms with Crippen molar-refractivity contribution in [2.45, 2.75) is 24.7 Å². The van der Waals surface area contributed by atoms with Crippen molar-refractivity contribution in [2.24, 2.45) is 0 Å². The van der Waals surface area contributed by atoms with Crippen molar-refractivity contribution < 1.29 is 13.2 Å². The summed E-state index contributed by atoms with van der Waals surface area (Å²) < 4.78 is 27.0. The van der Waals surface area contributed by atoms with Crippen molar-refractivity contribution in [3.8, 4) is 0 Å². The molecule has 0 aromatic heterocycles. The number of rotatable bonds is 6. The van der Waals surface area contributed by atoms with Gasteiger partial charge in [0, 0.05) is 40.3 Å². The number of nitrogens with zero attached hydrogens (tertiary/aromatic N) is 3. The zero-order chi connectivity index (χ0) is 17.7. The van der Waals surface area contributed by atoms with Crippen molar-refractivity contribution in [1.29, 1.82) is 0 Å². The predicted molar refractivity (Wildman–Crippen MR) is 94.3 cm³/mol. The Bertz CT molecular complexity index is 648. The van der Waals surface area contributed by atoms with Gasteiger partial charge in [0.1, 0.15) is 0 Å². The molecule has 1 aliphatic heterocycles. The van der Waals surface area contributed by atoms with E-state index in [0.29, 0.717) is 37.6 Å². The number of hydrogen-bond donors (Lipinski definition) is 0. The second-order valence-corrected chi connectivity index (χ2v) is 8.30. The molecule has 1 aliphatic rings. The standard InChI is InChI=1S/C17H27N3O3S/c1-4-5-15-6-8-16(9-7-15)24(22,23)20-12-10-19(11-13-20)14-17(21)18(2)3/h6-9H,4-5,10-14H2,1-3H3. The van der Waals surface area contributed by atoms with E-state index < -0.39 is 10.0 Å². The molecule has 1 heterocycles. The summed E-state index contributed by atoms with van der Waals surface area (Å²) in [6, 6.07) is 7.18. The lowest BCUT2D eigenvalue weighted by Gasteiger charge is -2.34. The molecule has 0 spiro atoms. The van der Waals surface area contributed by atoms with Gasteiger partial charge in [-0.2, -0.15) is 4.31 Å². The Morgan fingerprint density at radius 2 is 1.67 bits per heavy atom. The van der Waals surface area contributed by atoms with Crippen LogP contribution in [-0.2, 0) is 21.2 Å².